The fourth-order valence-electron chi connectivity index (χ4n) is 2.38. The van der Waals surface area contributed by atoms with Crippen LogP contribution in [0.25, 0.3) is 0 Å². The van der Waals surface area contributed by atoms with Crippen molar-refractivity contribution in [2.45, 2.75) is 33.2 Å². The molecule has 0 saturated heterocycles. The minimum absolute atomic E-state index is 0.261. The van der Waals surface area contributed by atoms with E-state index in [0.717, 1.165) is 18.1 Å². The average Bonchev–Trinajstić information content (AvgIpc) is 2.76. The number of aliphatic imine (C=N–C) groups is 1. The van der Waals surface area contributed by atoms with E-state index < -0.39 is 0 Å². The fourth-order valence-corrected chi connectivity index (χ4v) is 2.38. The zero-order chi connectivity index (χ0) is 17.2. The molecule has 0 spiro atoms. The van der Waals surface area contributed by atoms with Crippen LogP contribution in [0.5, 0.6) is 0 Å². The molecule has 0 radical (unpaired) electrons. The first-order chi connectivity index (χ1) is 11.0. The van der Waals surface area contributed by atoms with Crippen LogP contribution in [0.15, 0.2) is 4.99 Å². The Balaban J connectivity index is 2.37. The van der Waals surface area contributed by atoms with Crippen LogP contribution in [-0.2, 0) is 22.9 Å². The highest BCUT2D eigenvalue weighted by atomic mass is 16.5. The summed E-state index contributed by atoms with van der Waals surface area (Å²) in [6.07, 6.45) is 0.913. The Kier molecular flexibility index (Phi) is 8.65. The second-order valence-corrected chi connectivity index (χ2v) is 5.63. The van der Waals surface area contributed by atoms with Crippen LogP contribution < -0.4 is 10.6 Å². The van der Waals surface area contributed by atoms with Crippen LogP contribution in [0, 0.1) is 13.8 Å². The maximum absolute atomic E-state index is 5.42. The van der Waals surface area contributed by atoms with Gasteiger partial charge in [0.25, 0.3) is 0 Å². The molecule has 1 rings (SSSR count). The molecule has 0 aliphatic heterocycles. The van der Waals surface area contributed by atoms with E-state index in [-0.39, 0.29) is 6.04 Å². The quantitative estimate of drug-likeness (QED) is 0.399. The molecule has 0 bridgehead atoms. The van der Waals surface area contributed by atoms with E-state index in [0.29, 0.717) is 26.4 Å². The van der Waals surface area contributed by atoms with Crippen LogP contribution in [0.4, 0.5) is 0 Å². The summed E-state index contributed by atoms with van der Waals surface area (Å²) in [5.41, 5.74) is 3.60. The molecule has 0 amide bonds. The first kappa shape index (κ1) is 19.4. The number of aryl methyl sites for hydroxylation is 2. The molecular formula is C16H31N5O2. The number of rotatable bonds is 9. The van der Waals surface area contributed by atoms with E-state index in [9.17, 15) is 0 Å². The van der Waals surface area contributed by atoms with Gasteiger partial charge in [-0.05, 0) is 32.8 Å². The van der Waals surface area contributed by atoms with Gasteiger partial charge in [0.2, 0.25) is 0 Å². The highest BCUT2D eigenvalue weighted by molar-refractivity contribution is 5.79. The normalized spacial score (nSPS) is 13.2. The summed E-state index contributed by atoms with van der Waals surface area (Å²) in [5, 5.41) is 11.1. The fraction of sp³-hybridized carbons (Fsp3) is 0.750. The molecule has 0 aromatic carbocycles. The minimum atomic E-state index is 0.261. The maximum Gasteiger partial charge on any atom is 0.191 e. The third kappa shape index (κ3) is 6.58. The summed E-state index contributed by atoms with van der Waals surface area (Å²) in [6.45, 7) is 8.87. The van der Waals surface area contributed by atoms with E-state index in [1.807, 2.05) is 11.7 Å². The minimum Gasteiger partial charge on any atom is -0.382 e. The Labute approximate surface area is 139 Å². The largest absolute Gasteiger partial charge is 0.382 e. The van der Waals surface area contributed by atoms with E-state index in [2.05, 4.69) is 41.5 Å². The summed E-state index contributed by atoms with van der Waals surface area (Å²) in [4.78, 5) is 4.25. The Morgan fingerprint density at radius 3 is 2.61 bits per heavy atom. The zero-order valence-electron chi connectivity index (χ0n) is 15.3. The van der Waals surface area contributed by atoms with Gasteiger partial charge in [0, 0.05) is 39.5 Å². The number of hydrogen-bond acceptors (Lipinski definition) is 4. The van der Waals surface area contributed by atoms with E-state index in [4.69, 9.17) is 9.47 Å². The first-order valence-corrected chi connectivity index (χ1v) is 8.02. The lowest BCUT2D eigenvalue weighted by atomic mass is 10.1. The molecule has 1 unspecified atom stereocenters. The molecule has 0 aliphatic rings. The van der Waals surface area contributed by atoms with Crippen LogP contribution in [0.3, 0.4) is 0 Å². The van der Waals surface area contributed by atoms with Gasteiger partial charge in [-0.2, -0.15) is 5.10 Å². The molecule has 7 heteroatoms. The van der Waals surface area contributed by atoms with Crippen LogP contribution in [0.2, 0.25) is 0 Å². The standard InChI is InChI=1S/C16H31N5O2/c1-12(11-15-13(2)20-21(5)14(15)3)19-16(17-4)18-7-8-23-10-9-22-6/h12H,7-11H2,1-6H3,(H2,17,18,19). The van der Waals surface area contributed by atoms with Gasteiger partial charge in [-0.25, -0.2) is 0 Å². The Morgan fingerprint density at radius 2 is 2.04 bits per heavy atom. The smallest absolute Gasteiger partial charge is 0.191 e. The molecular weight excluding hydrogens is 294 g/mol. The Morgan fingerprint density at radius 1 is 1.30 bits per heavy atom. The van der Waals surface area contributed by atoms with Crippen LogP contribution in [-0.4, -0.2) is 62.3 Å². The van der Waals surface area contributed by atoms with Crippen molar-refractivity contribution in [3.05, 3.63) is 17.0 Å². The monoisotopic (exact) mass is 325 g/mol. The molecule has 23 heavy (non-hydrogen) atoms. The van der Waals surface area contributed by atoms with E-state index in [1.54, 1.807) is 14.2 Å². The van der Waals surface area contributed by atoms with Crippen molar-refractivity contribution in [3.8, 4) is 0 Å². The molecule has 1 aromatic heterocycles. The number of guanidine groups is 1. The molecule has 132 valence electrons. The third-order valence-corrected chi connectivity index (χ3v) is 3.75. The number of hydrogen-bond donors (Lipinski definition) is 2. The number of aromatic nitrogens is 2. The second kappa shape index (κ2) is 10.2. The maximum atomic E-state index is 5.42. The predicted octanol–water partition coefficient (Wildman–Crippen LogP) is 0.796. The van der Waals surface area contributed by atoms with Crippen molar-refractivity contribution in [3.63, 3.8) is 0 Å². The number of methoxy groups -OCH3 is 1. The molecule has 0 aliphatic carbocycles. The highest BCUT2D eigenvalue weighted by Gasteiger charge is 2.13. The Bertz CT molecular complexity index is 499. The molecule has 1 atom stereocenters. The van der Waals surface area contributed by atoms with Gasteiger partial charge in [-0.3, -0.25) is 9.67 Å². The van der Waals surface area contributed by atoms with E-state index in [1.165, 1.54) is 11.3 Å². The summed E-state index contributed by atoms with van der Waals surface area (Å²) in [7, 11) is 5.42. The van der Waals surface area contributed by atoms with Gasteiger partial charge in [0.1, 0.15) is 0 Å². The molecule has 7 nitrogen and oxygen atoms in total. The average molecular weight is 325 g/mol. The van der Waals surface area contributed by atoms with Crippen molar-refractivity contribution in [2.75, 3.05) is 40.5 Å². The Hall–Kier alpha value is -1.60. The van der Waals surface area contributed by atoms with Crippen molar-refractivity contribution in [1.82, 2.24) is 20.4 Å². The summed E-state index contributed by atoms with van der Waals surface area (Å²) < 4.78 is 12.3. The van der Waals surface area contributed by atoms with Gasteiger partial charge in [-0.15, -0.1) is 0 Å². The number of nitrogens with one attached hydrogen (secondary N) is 2. The summed E-state index contributed by atoms with van der Waals surface area (Å²) in [5.74, 6) is 0.784. The molecule has 0 saturated carbocycles. The lowest BCUT2D eigenvalue weighted by Gasteiger charge is -2.18. The van der Waals surface area contributed by atoms with Crippen molar-refractivity contribution >= 4 is 5.96 Å². The lowest BCUT2D eigenvalue weighted by molar-refractivity contribution is 0.0733. The zero-order valence-corrected chi connectivity index (χ0v) is 15.3. The van der Waals surface area contributed by atoms with Crippen LogP contribution in [0.1, 0.15) is 23.9 Å². The predicted molar refractivity (Wildman–Crippen MR) is 93.0 cm³/mol. The van der Waals surface area contributed by atoms with Gasteiger partial charge < -0.3 is 20.1 Å². The summed E-state index contributed by atoms with van der Waals surface area (Å²) in [6, 6.07) is 0.261. The molecule has 2 N–H and O–H groups in total. The number of ether oxygens (including phenoxy) is 2. The van der Waals surface area contributed by atoms with Crippen molar-refractivity contribution in [2.24, 2.45) is 12.0 Å². The lowest BCUT2D eigenvalue weighted by Crippen LogP contribution is -2.44. The van der Waals surface area contributed by atoms with Crippen molar-refractivity contribution in [1.29, 1.82) is 0 Å². The van der Waals surface area contributed by atoms with Gasteiger partial charge in [0.05, 0.1) is 25.5 Å². The molecule has 1 heterocycles. The van der Waals surface area contributed by atoms with Gasteiger partial charge in [0.15, 0.2) is 5.96 Å². The molecule has 1 aromatic rings. The topological polar surface area (TPSA) is 72.7 Å². The SMILES string of the molecule is CN=C(NCCOCCOC)NC(C)Cc1c(C)nn(C)c1C. The summed E-state index contributed by atoms with van der Waals surface area (Å²) >= 11 is 0. The van der Waals surface area contributed by atoms with Crippen LogP contribution >= 0.6 is 0 Å². The highest BCUT2D eigenvalue weighted by Crippen LogP contribution is 2.13. The molecule has 0 fully saturated rings. The third-order valence-electron chi connectivity index (χ3n) is 3.75. The number of nitrogens with zero attached hydrogens (tertiary/aromatic N) is 3. The van der Waals surface area contributed by atoms with Gasteiger partial charge in [-0.1, -0.05) is 0 Å². The van der Waals surface area contributed by atoms with Crippen molar-refractivity contribution < 1.29 is 9.47 Å². The second-order valence-electron chi connectivity index (χ2n) is 5.63. The van der Waals surface area contributed by atoms with Gasteiger partial charge >= 0.3 is 0 Å². The first-order valence-electron chi connectivity index (χ1n) is 8.02. The van der Waals surface area contributed by atoms with E-state index >= 15 is 0 Å².